The molecule has 0 aliphatic heterocycles. The Bertz CT molecular complexity index is 1100. The highest BCUT2D eigenvalue weighted by Crippen LogP contribution is 2.28. The Labute approximate surface area is 191 Å². The first kappa shape index (κ1) is 22.7. The second-order valence-corrected chi connectivity index (χ2v) is 8.74. The summed E-state index contributed by atoms with van der Waals surface area (Å²) in [7, 11) is 0. The van der Waals surface area contributed by atoms with E-state index in [0.717, 1.165) is 16.0 Å². The van der Waals surface area contributed by atoms with E-state index in [1.807, 2.05) is 74.5 Å². The molecule has 6 heteroatoms. The first-order valence-electron chi connectivity index (χ1n) is 9.79. The molecule has 3 rings (SSSR count). The summed E-state index contributed by atoms with van der Waals surface area (Å²) in [4.78, 5) is 25.7. The van der Waals surface area contributed by atoms with Gasteiger partial charge in [-0.2, -0.15) is 0 Å². The van der Waals surface area contributed by atoms with Gasteiger partial charge in [-0.25, -0.2) is 0 Å². The maximum Gasteiger partial charge on any atom is 0.248 e. The van der Waals surface area contributed by atoms with Crippen LogP contribution < -0.4 is 10.6 Å². The summed E-state index contributed by atoms with van der Waals surface area (Å²) in [5.74, 6) is -0.330. The van der Waals surface area contributed by atoms with Crippen LogP contribution in [0.5, 0.6) is 0 Å². The first-order valence-corrected chi connectivity index (χ1v) is 11.0. The van der Waals surface area contributed by atoms with Crippen molar-refractivity contribution in [2.45, 2.75) is 24.0 Å². The summed E-state index contributed by atoms with van der Waals surface area (Å²) in [6, 6.07) is 22.5. The molecular formula is C25H23ClN2O2S. The summed E-state index contributed by atoms with van der Waals surface area (Å²) in [6.45, 7) is 3.71. The van der Waals surface area contributed by atoms with Crippen LogP contribution in [0.2, 0.25) is 5.02 Å². The zero-order valence-corrected chi connectivity index (χ0v) is 18.8. The predicted octanol–water partition coefficient (Wildman–Crippen LogP) is 6.42. The largest absolute Gasteiger partial charge is 0.325 e. The van der Waals surface area contributed by atoms with Crippen molar-refractivity contribution in [3.8, 4) is 0 Å². The van der Waals surface area contributed by atoms with Gasteiger partial charge in [-0.15, -0.1) is 11.8 Å². The van der Waals surface area contributed by atoms with Crippen molar-refractivity contribution < 1.29 is 9.59 Å². The van der Waals surface area contributed by atoms with Crippen LogP contribution in [-0.4, -0.2) is 17.1 Å². The number of benzene rings is 3. The molecule has 0 aromatic heterocycles. The van der Waals surface area contributed by atoms with Crippen LogP contribution in [0.4, 0.5) is 11.4 Å². The number of carbonyl (C=O) groups is 2. The van der Waals surface area contributed by atoms with Gasteiger partial charge in [-0.3, -0.25) is 9.59 Å². The zero-order valence-electron chi connectivity index (χ0n) is 17.3. The van der Waals surface area contributed by atoms with Crippen molar-refractivity contribution in [2.24, 2.45) is 0 Å². The molecule has 0 aliphatic rings. The minimum Gasteiger partial charge on any atom is -0.325 e. The molecule has 0 fully saturated rings. The molecule has 31 heavy (non-hydrogen) atoms. The number of amides is 2. The van der Waals surface area contributed by atoms with Gasteiger partial charge < -0.3 is 10.6 Å². The second-order valence-electron chi connectivity index (χ2n) is 6.92. The predicted molar refractivity (Wildman–Crippen MR) is 131 cm³/mol. The van der Waals surface area contributed by atoms with E-state index in [4.69, 9.17) is 11.6 Å². The van der Waals surface area contributed by atoms with Crippen molar-refractivity contribution in [1.29, 1.82) is 0 Å². The quantitative estimate of drug-likeness (QED) is 0.322. The molecule has 0 aliphatic carbocycles. The van der Waals surface area contributed by atoms with E-state index in [1.54, 1.807) is 18.2 Å². The number of carbonyl (C=O) groups excluding carboxylic acids is 2. The lowest BCUT2D eigenvalue weighted by molar-refractivity contribution is -0.115. The third-order valence-electron chi connectivity index (χ3n) is 4.54. The van der Waals surface area contributed by atoms with E-state index in [-0.39, 0.29) is 17.1 Å². The summed E-state index contributed by atoms with van der Waals surface area (Å²) < 4.78 is 0. The summed E-state index contributed by atoms with van der Waals surface area (Å²) in [5.41, 5.74) is 3.17. The van der Waals surface area contributed by atoms with Crippen molar-refractivity contribution in [2.75, 3.05) is 10.6 Å². The van der Waals surface area contributed by atoms with Crippen LogP contribution in [0, 0.1) is 6.92 Å². The lowest BCUT2D eigenvalue weighted by atomic mass is 10.2. The molecule has 1 atom stereocenters. The lowest BCUT2D eigenvalue weighted by Crippen LogP contribution is -2.22. The van der Waals surface area contributed by atoms with E-state index in [2.05, 4.69) is 10.6 Å². The van der Waals surface area contributed by atoms with Gasteiger partial charge in [0.15, 0.2) is 0 Å². The van der Waals surface area contributed by atoms with Crippen LogP contribution >= 0.6 is 23.4 Å². The van der Waals surface area contributed by atoms with Gasteiger partial charge in [-0.05, 0) is 61.4 Å². The number of thioether (sulfide) groups is 1. The minimum absolute atomic E-state index is 0.115. The molecule has 0 saturated carbocycles. The highest BCUT2D eigenvalue weighted by atomic mass is 35.5. The Hall–Kier alpha value is -3.02. The number of nitrogens with one attached hydrogen (secondary N) is 2. The first-order chi connectivity index (χ1) is 14.9. The SMILES string of the molecule is Cc1c(Cl)cccc1NC(=O)C(C)Sc1cccc(NC(=O)/C=C/c2ccccc2)c1. The normalized spacial score (nSPS) is 11.8. The molecule has 3 aromatic rings. The molecule has 1 unspecified atom stereocenters. The molecule has 0 bridgehead atoms. The summed E-state index contributed by atoms with van der Waals surface area (Å²) in [5, 5.41) is 6.06. The lowest BCUT2D eigenvalue weighted by Gasteiger charge is -2.14. The molecular weight excluding hydrogens is 428 g/mol. The second kappa shape index (κ2) is 10.8. The standard InChI is InChI=1S/C25H23ClN2O2S/c1-17-22(26)12-7-13-23(17)28-25(30)18(2)31-21-11-6-10-20(16-21)27-24(29)15-14-19-8-4-3-5-9-19/h3-16,18H,1-2H3,(H,27,29)(H,28,30)/b15-14+. The monoisotopic (exact) mass is 450 g/mol. The smallest absolute Gasteiger partial charge is 0.248 e. The van der Waals surface area contributed by atoms with E-state index in [9.17, 15) is 9.59 Å². The third-order valence-corrected chi connectivity index (χ3v) is 6.04. The number of anilines is 2. The van der Waals surface area contributed by atoms with Crippen LogP contribution in [0.3, 0.4) is 0 Å². The van der Waals surface area contributed by atoms with Crippen LogP contribution in [0.25, 0.3) is 6.08 Å². The van der Waals surface area contributed by atoms with Crippen molar-refractivity contribution in [1.82, 2.24) is 0 Å². The average Bonchev–Trinajstić information content (AvgIpc) is 2.76. The maximum atomic E-state index is 12.6. The van der Waals surface area contributed by atoms with Crippen molar-refractivity contribution in [3.05, 3.63) is 95.0 Å². The average molecular weight is 451 g/mol. The molecule has 0 radical (unpaired) electrons. The van der Waals surface area contributed by atoms with E-state index in [0.29, 0.717) is 16.4 Å². The van der Waals surface area contributed by atoms with E-state index >= 15 is 0 Å². The van der Waals surface area contributed by atoms with Gasteiger partial charge >= 0.3 is 0 Å². The molecule has 4 nitrogen and oxygen atoms in total. The third kappa shape index (κ3) is 6.74. The minimum atomic E-state index is -0.331. The van der Waals surface area contributed by atoms with Crippen molar-refractivity contribution >= 4 is 52.6 Å². The number of rotatable bonds is 7. The Kier molecular flexibility index (Phi) is 7.93. The summed E-state index contributed by atoms with van der Waals surface area (Å²) in [6.07, 6.45) is 3.26. The Morgan fingerprint density at radius 1 is 0.968 bits per heavy atom. The van der Waals surface area contributed by atoms with Crippen molar-refractivity contribution in [3.63, 3.8) is 0 Å². The van der Waals surface area contributed by atoms with Gasteiger partial charge in [0.25, 0.3) is 0 Å². The highest BCUT2D eigenvalue weighted by Gasteiger charge is 2.16. The topological polar surface area (TPSA) is 58.2 Å². The van der Waals surface area contributed by atoms with E-state index < -0.39 is 0 Å². The number of hydrogen-bond acceptors (Lipinski definition) is 3. The number of halogens is 1. The molecule has 3 aromatic carbocycles. The molecule has 2 N–H and O–H groups in total. The van der Waals surface area contributed by atoms with Gasteiger partial charge in [0.2, 0.25) is 11.8 Å². The van der Waals surface area contributed by atoms with Gasteiger partial charge in [0.05, 0.1) is 5.25 Å². The Morgan fingerprint density at radius 3 is 2.48 bits per heavy atom. The number of hydrogen-bond donors (Lipinski definition) is 2. The van der Waals surface area contributed by atoms with E-state index in [1.165, 1.54) is 17.8 Å². The Balaban J connectivity index is 1.59. The summed E-state index contributed by atoms with van der Waals surface area (Å²) >= 11 is 7.55. The molecule has 0 heterocycles. The van der Waals surface area contributed by atoms with Gasteiger partial charge in [0.1, 0.15) is 0 Å². The van der Waals surface area contributed by atoms with Crippen LogP contribution in [0.1, 0.15) is 18.1 Å². The van der Waals surface area contributed by atoms with Crippen LogP contribution in [-0.2, 0) is 9.59 Å². The fourth-order valence-electron chi connectivity index (χ4n) is 2.80. The maximum absolute atomic E-state index is 12.6. The molecule has 0 spiro atoms. The fraction of sp³-hybridized carbons (Fsp3) is 0.120. The Morgan fingerprint density at radius 2 is 1.71 bits per heavy atom. The molecule has 2 amide bonds. The fourth-order valence-corrected chi connectivity index (χ4v) is 3.90. The van der Waals surface area contributed by atoms with Gasteiger partial charge in [0, 0.05) is 27.4 Å². The van der Waals surface area contributed by atoms with Crippen LogP contribution in [0.15, 0.2) is 83.8 Å². The highest BCUT2D eigenvalue weighted by molar-refractivity contribution is 8.00. The van der Waals surface area contributed by atoms with Gasteiger partial charge in [-0.1, -0.05) is 54.1 Å². The zero-order chi connectivity index (χ0) is 22.2. The molecule has 0 saturated heterocycles. The molecule has 158 valence electrons.